The van der Waals surface area contributed by atoms with E-state index in [1.165, 1.54) is 11.1 Å². The van der Waals surface area contributed by atoms with Gasteiger partial charge in [0.2, 0.25) is 0 Å². The molecule has 0 nitrogen and oxygen atoms in total. The Morgan fingerprint density at radius 1 is 1.64 bits per heavy atom. The Kier molecular flexibility index (Phi) is 2.89. The number of rotatable bonds is 3. The summed E-state index contributed by atoms with van der Waals surface area (Å²) in [5.74, 6) is 0.711. The molecule has 0 aliphatic rings. The minimum atomic E-state index is 0.711. The van der Waals surface area contributed by atoms with Crippen LogP contribution in [0, 0.1) is 5.92 Å². The van der Waals surface area contributed by atoms with Crippen LogP contribution >= 0.6 is 11.3 Å². The van der Waals surface area contributed by atoms with Crippen LogP contribution in [0.3, 0.4) is 0 Å². The molecule has 0 aliphatic heterocycles. The summed E-state index contributed by atoms with van der Waals surface area (Å²) in [4.78, 5) is 0. The summed E-state index contributed by atoms with van der Waals surface area (Å²) in [5.41, 5.74) is 2.57. The lowest BCUT2D eigenvalue weighted by atomic mass is 10.0. The molecule has 1 rings (SSSR count). The van der Waals surface area contributed by atoms with Crippen molar-refractivity contribution in [3.63, 3.8) is 0 Å². The third-order valence-electron chi connectivity index (χ3n) is 1.58. The van der Waals surface area contributed by atoms with Crippen LogP contribution < -0.4 is 0 Å². The third kappa shape index (κ3) is 2.51. The van der Waals surface area contributed by atoms with Gasteiger partial charge in [0.05, 0.1) is 0 Å². The Balaban J connectivity index is 2.57. The summed E-state index contributed by atoms with van der Waals surface area (Å²) in [7, 11) is 0. The summed E-state index contributed by atoms with van der Waals surface area (Å²) >= 11 is 1.73. The van der Waals surface area contributed by atoms with Gasteiger partial charge in [0, 0.05) is 0 Å². The first kappa shape index (κ1) is 8.54. The van der Waals surface area contributed by atoms with Gasteiger partial charge in [-0.15, -0.1) is 0 Å². The number of thiophene rings is 1. The number of hydrogen-bond acceptors (Lipinski definition) is 1. The molecule has 1 aromatic rings. The maximum absolute atomic E-state index is 4.04. The molecular weight excluding hydrogens is 152 g/mol. The van der Waals surface area contributed by atoms with E-state index in [9.17, 15) is 0 Å². The SMILES string of the molecule is C=C(CC(C)C)c1ccsc1. The predicted octanol–water partition coefficient (Wildman–Crippen LogP) is 3.81. The molecule has 60 valence electrons. The van der Waals surface area contributed by atoms with Gasteiger partial charge in [-0.25, -0.2) is 0 Å². The van der Waals surface area contributed by atoms with Crippen molar-refractivity contribution < 1.29 is 0 Å². The summed E-state index contributed by atoms with van der Waals surface area (Å²) < 4.78 is 0. The lowest BCUT2D eigenvalue weighted by molar-refractivity contribution is 0.674. The van der Waals surface area contributed by atoms with Crippen molar-refractivity contribution in [1.29, 1.82) is 0 Å². The van der Waals surface area contributed by atoms with Gasteiger partial charge >= 0.3 is 0 Å². The molecule has 0 fully saturated rings. The monoisotopic (exact) mass is 166 g/mol. The molecule has 0 bridgehead atoms. The topological polar surface area (TPSA) is 0 Å². The molecule has 0 N–H and O–H groups in total. The maximum atomic E-state index is 4.04. The Bertz CT molecular complexity index is 219. The highest BCUT2D eigenvalue weighted by molar-refractivity contribution is 7.08. The molecular formula is C10H14S. The van der Waals surface area contributed by atoms with E-state index in [0.717, 1.165) is 6.42 Å². The highest BCUT2D eigenvalue weighted by atomic mass is 32.1. The smallest absolute Gasteiger partial charge is 0.00182 e. The number of allylic oxidation sites excluding steroid dienone is 1. The van der Waals surface area contributed by atoms with Gasteiger partial charge in [0.1, 0.15) is 0 Å². The molecule has 0 unspecified atom stereocenters. The molecule has 1 aromatic heterocycles. The van der Waals surface area contributed by atoms with E-state index >= 15 is 0 Å². The lowest BCUT2D eigenvalue weighted by Crippen LogP contribution is -1.88. The van der Waals surface area contributed by atoms with E-state index in [-0.39, 0.29) is 0 Å². The van der Waals surface area contributed by atoms with Crippen molar-refractivity contribution in [3.05, 3.63) is 29.0 Å². The molecule has 0 radical (unpaired) electrons. The fraction of sp³-hybridized carbons (Fsp3) is 0.400. The molecule has 0 spiro atoms. The molecule has 0 saturated heterocycles. The van der Waals surface area contributed by atoms with Crippen LogP contribution in [-0.4, -0.2) is 0 Å². The predicted molar refractivity (Wildman–Crippen MR) is 52.8 cm³/mol. The van der Waals surface area contributed by atoms with Crippen LogP contribution in [0.25, 0.3) is 5.57 Å². The van der Waals surface area contributed by atoms with Crippen molar-refractivity contribution in [1.82, 2.24) is 0 Å². The minimum Gasteiger partial charge on any atom is -0.152 e. The Morgan fingerprint density at radius 2 is 2.36 bits per heavy atom. The van der Waals surface area contributed by atoms with Crippen LogP contribution in [0.2, 0.25) is 0 Å². The maximum Gasteiger partial charge on any atom is -0.00182 e. The van der Waals surface area contributed by atoms with E-state index in [4.69, 9.17) is 0 Å². The average Bonchev–Trinajstić information content (AvgIpc) is 2.35. The zero-order valence-corrected chi connectivity index (χ0v) is 7.95. The average molecular weight is 166 g/mol. The van der Waals surface area contributed by atoms with Gasteiger partial charge in [0.15, 0.2) is 0 Å². The number of hydrogen-bond donors (Lipinski definition) is 0. The molecule has 0 aliphatic carbocycles. The Hall–Kier alpha value is -0.560. The molecule has 0 saturated carbocycles. The lowest BCUT2D eigenvalue weighted by Gasteiger charge is -2.05. The van der Waals surface area contributed by atoms with Gasteiger partial charge in [-0.1, -0.05) is 20.4 Å². The van der Waals surface area contributed by atoms with Crippen LogP contribution in [0.1, 0.15) is 25.8 Å². The zero-order chi connectivity index (χ0) is 8.27. The van der Waals surface area contributed by atoms with E-state index in [0.29, 0.717) is 5.92 Å². The summed E-state index contributed by atoms with van der Waals surface area (Å²) in [6.45, 7) is 8.48. The van der Waals surface area contributed by atoms with Gasteiger partial charge in [-0.2, -0.15) is 11.3 Å². The second-order valence-corrected chi connectivity index (χ2v) is 3.99. The van der Waals surface area contributed by atoms with E-state index in [2.05, 4.69) is 37.3 Å². The van der Waals surface area contributed by atoms with Crippen molar-refractivity contribution >= 4 is 16.9 Å². The van der Waals surface area contributed by atoms with Crippen molar-refractivity contribution in [3.8, 4) is 0 Å². The van der Waals surface area contributed by atoms with Crippen LogP contribution in [0.4, 0.5) is 0 Å². The first-order valence-corrected chi connectivity index (χ1v) is 4.84. The molecule has 1 heteroatoms. The zero-order valence-electron chi connectivity index (χ0n) is 7.13. The normalized spacial score (nSPS) is 10.5. The minimum absolute atomic E-state index is 0.711. The van der Waals surface area contributed by atoms with Gasteiger partial charge in [-0.3, -0.25) is 0 Å². The Labute approximate surface area is 72.6 Å². The fourth-order valence-electron chi connectivity index (χ4n) is 1.08. The van der Waals surface area contributed by atoms with Crippen LogP contribution in [-0.2, 0) is 0 Å². The van der Waals surface area contributed by atoms with Crippen molar-refractivity contribution in [2.45, 2.75) is 20.3 Å². The van der Waals surface area contributed by atoms with Crippen LogP contribution in [0.5, 0.6) is 0 Å². The van der Waals surface area contributed by atoms with Gasteiger partial charge < -0.3 is 0 Å². The summed E-state index contributed by atoms with van der Waals surface area (Å²) in [5, 5.41) is 4.26. The standard InChI is InChI=1S/C10H14S/c1-8(2)6-9(3)10-4-5-11-7-10/h4-5,7-8H,3,6H2,1-2H3. The second-order valence-electron chi connectivity index (χ2n) is 3.21. The second kappa shape index (κ2) is 3.72. The van der Waals surface area contributed by atoms with Crippen molar-refractivity contribution in [2.24, 2.45) is 5.92 Å². The molecule has 1 heterocycles. The van der Waals surface area contributed by atoms with Crippen molar-refractivity contribution in [2.75, 3.05) is 0 Å². The van der Waals surface area contributed by atoms with E-state index < -0.39 is 0 Å². The fourth-order valence-corrected chi connectivity index (χ4v) is 1.77. The molecule has 0 atom stereocenters. The Morgan fingerprint density at radius 3 is 2.82 bits per heavy atom. The quantitative estimate of drug-likeness (QED) is 0.640. The van der Waals surface area contributed by atoms with E-state index in [1.807, 2.05) is 0 Å². The molecule has 0 amide bonds. The van der Waals surface area contributed by atoms with E-state index in [1.54, 1.807) is 11.3 Å². The highest BCUT2D eigenvalue weighted by Gasteiger charge is 2.01. The first-order chi connectivity index (χ1) is 5.20. The van der Waals surface area contributed by atoms with Crippen LogP contribution in [0.15, 0.2) is 23.4 Å². The molecule has 11 heavy (non-hydrogen) atoms. The van der Waals surface area contributed by atoms with Gasteiger partial charge in [-0.05, 0) is 40.3 Å². The highest BCUT2D eigenvalue weighted by Crippen LogP contribution is 2.22. The van der Waals surface area contributed by atoms with Gasteiger partial charge in [0.25, 0.3) is 0 Å². The largest absolute Gasteiger partial charge is 0.152 e. The summed E-state index contributed by atoms with van der Waals surface area (Å²) in [6, 6.07) is 2.13. The molecule has 0 aromatic carbocycles. The first-order valence-electron chi connectivity index (χ1n) is 3.90. The third-order valence-corrected chi connectivity index (χ3v) is 2.27. The summed E-state index contributed by atoms with van der Waals surface area (Å²) in [6.07, 6.45) is 1.11.